The Morgan fingerprint density at radius 2 is 2.50 bits per heavy atom. The molecule has 0 aliphatic rings. The van der Waals surface area contributed by atoms with E-state index in [1.54, 1.807) is 13.0 Å². The minimum atomic E-state index is -0.539. The minimum absolute atomic E-state index is 0.154. The van der Waals surface area contributed by atoms with Gasteiger partial charge in [-0.2, -0.15) is 0 Å². The van der Waals surface area contributed by atoms with Crippen LogP contribution in [-0.2, 0) is 4.79 Å². The second kappa shape index (κ2) is 3.36. The third kappa shape index (κ3) is 1.62. The molecule has 1 rings (SSSR count). The zero-order chi connectivity index (χ0) is 9.14. The maximum atomic E-state index is 10.8. The molecule has 0 aliphatic carbocycles. The summed E-state index contributed by atoms with van der Waals surface area (Å²) in [5, 5.41) is 3.65. The summed E-state index contributed by atoms with van der Waals surface area (Å²) in [6, 6.07) is 1.66. The second-order valence-corrected chi connectivity index (χ2v) is 2.55. The van der Waals surface area contributed by atoms with Crippen LogP contribution in [-0.4, -0.2) is 17.6 Å². The number of amides is 1. The summed E-state index contributed by atoms with van der Waals surface area (Å²) in [4.78, 5) is 10.8. The zero-order valence-corrected chi connectivity index (χ0v) is 6.78. The van der Waals surface area contributed by atoms with Crippen molar-refractivity contribution in [1.29, 1.82) is 0 Å². The Balaban J connectivity index is 2.87. The number of aromatic nitrogens is 1. The highest BCUT2D eigenvalue weighted by Gasteiger charge is 2.19. The van der Waals surface area contributed by atoms with E-state index >= 15 is 0 Å². The molecule has 12 heavy (non-hydrogen) atoms. The maximum absolute atomic E-state index is 10.8. The van der Waals surface area contributed by atoms with E-state index in [1.807, 2.05) is 0 Å². The van der Waals surface area contributed by atoms with E-state index in [1.165, 1.54) is 0 Å². The fraction of sp³-hybridized carbons (Fsp3) is 0.429. The van der Waals surface area contributed by atoms with E-state index in [-0.39, 0.29) is 6.54 Å². The summed E-state index contributed by atoms with van der Waals surface area (Å²) >= 11 is 0. The number of hydrogen-bond acceptors (Lipinski definition) is 4. The van der Waals surface area contributed by atoms with Gasteiger partial charge in [0.15, 0.2) is 0 Å². The van der Waals surface area contributed by atoms with Crippen LogP contribution in [0.1, 0.15) is 17.4 Å². The Kier molecular flexibility index (Phi) is 2.44. The Morgan fingerprint density at radius 3 is 2.83 bits per heavy atom. The van der Waals surface area contributed by atoms with Crippen molar-refractivity contribution in [3.63, 3.8) is 0 Å². The lowest BCUT2D eigenvalue weighted by atomic mass is 10.1. The second-order valence-electron chi connectivity index (χ2n) is 2.55. The maximum Gasteiger partial charge on any atom is 0.227 e. The highest BCUT2D eigenvalue weighted by molar-refractivity contribution is 5.81. The Bertz CT molecular complexity index is 282. The molecule has 0 saturated heterocycles. The molecular formula is C7H11N3O2. The molecule has 66 valence electrons. The molecule has 4 N–H and O–H groups in total. The van der Waals surface area contributed by atoms with Crippen molar-refractivity contribution in [2.75, 3.05) is 6.54 Å². The SMILES string of the molecule is Cc1cc(C(CN)C(N)=O)no1. The Morgan fingerprint density at radius 1 is 1.83 bits per heavy atom. The predicted octanol–water partition coefficient (Wildman–Crippen LogP) is -0.489. The number of primary amides is 1. The van der Waals surface area contributed by atoms with Crippen LogP contribution in [0.5, 0.6) is 0 Å². The van der Waals surface area contributed by atoms with Gasteiger partial charge in [0, 0.05) is 12.6 Å². The molecule has 1 atom stereocenters. The first-order valence-electron chi connectivity index (χ1n) is 3.57. The molecule has 0 fully saturated rings. The van der Waals surface area contributed by atoms with Gasteiger partial charge in [0.2, 0.25) is 5.91 Å². The lowest BCUT2D eigenvalue weighted by molar-refractivity contribution is -0.119. The van der Waals surface area contributed by atoms with Gasteiger partial charge < -0.3 is 16.0 Å². The zero-order valence-electron chi connectivity index (χ0n) is 6.78. The quantitative estimate of drug-likeness (QED) is 0.638. The fourth-order valence-electron chi connectivity index (χ4n) is 0.933. The number of rotatable bonds is 3. The molecular weight excluding hydrogens is 158 g/mol. The summed E-state index contributed by atoms with van der Waals surface area (Å²) in [6.07, 6.45) is 0. The van der Waals surface area contributed by atoms with Gasteiger partial charge in [-0.25, -0.2) is 0 Å². The van der Waals surface area contributed by atoms with E-state index in [0.29, 0.717) is 11.5 Å². The van der Waals surface area contributed by atoms with Gasteiger partial charge in [-0.1, -0.05) is 5.16 Å². The van der Waals surface area contributed by atoms with Crippen LogP contribution in [0.4, 0.5) is 0 Å². The highest BCUT2D eigenvalue weighted by atomic mass is 16.5. The van der Waals surface area contributed by atoms with E-state index in [0.717, 1.165) is 0 Å². The highest BCUT2D eigenvalue weighted by Crippen LogP contribution is 2.13. The molecule has 0 aromatic carbocycles. The average molecular weight is 169 g/mol. The first-order valence-corrected chi connectivity index (χ1v) is 3.57. The lowest BCUT2D eigenvalue weighted by Gasteiger charge is -2.04. The topological polar surface area (TPSA) is 95.1 Å². The Hall–Kier alpha value is -1.36. The van der Waals surface area contributed by atoms with Gasteiger partial charge in [-0.05, 0) is 6.92 Å². The van der Waals surface area contributed by atoms with Crippen LogP contribution in [0.3, 0.4) is 0 Å². The first kappa shape index (κ1) is 8.73. The van der Waals surface area contributed by atoms with Crippen LogP contribution < -0.4 is 11.5 Å². The molecule has 0 saturated carbocycles. The molecule has 0 radical (unpaired) electrons. The van der Waals surface area contributed by atoms with Crippen LogP contribution in [0.2, 0.25) is 0 Å². The van der Waals surface area contributed by atoms with Crippen LogP contribution in [0.15, 0.2) is 10.6 Å². The van der Waals surface area contributed by atoms with Crippen molar-refractivity contribution in [3.8, 4) is 0 Å². The van der Waals surface area contributed by atoms with Crippen LogP contribution in [0, 0.1) is 6.92 Å². The molecule has 1 heterocycles. The van der Waals surface area contributed by atoms with E-state index in [9.17, 15) is 4.79 Å². The largest absolute Gasteiger partial charge is 0.369 e. The van der Waals surface area contributed by atoms with Crippen molar-refractivity contribution < 1.29 is 9.32 Å². The number of nitrogens with zero attached hydrogens (tertiary/aromatic N) is 1. The summed E-state index contributed by atoms with van der Waals surface area (Å²) in [5.41, 5.74) is 10.9. The van der Waals surface area contributed by atoms with E-state index in [2.05, 4.69) is 5.16 Å². The van der Waals surface area contributed by atoms with E-state index < -0.39 is 11.8 Å². The third-order valence-electron chi connectivity index (χ3n) is 1.58. The molecule has 1 unspecified atom stereocenters. The molecule has 0 aliphatic heterocycles. The molecule has 0 bridgehead atoms. The number of carbonyl (C=O) groups excluding carboxylic acids is 1. The van der Waals surface area contributed by atoms with E-state index in [4.69, 9.17) is 16.0 Å². The molecule has 5 nitrogen and oxygen atoms in total. The average Bonchev–Trinajstić information content (AvgIpc) is 2.37. The third-order valence-corrected chi connectivity index (χ3v) is 1.58. The van der Waals surface area contributed by atoms with Crippen LogP contribution >= 0.6 is 0 Å². The monoisotopic (exact) mass is 169 g/mol. The van der Waals surface area contributed by atoms with Crippen molar-refractivity contribution in [1.82, 2.24) is 5.16 Å². The van der Waals surface area contributed by atoms with Crippen molar-refractivity contribution in [3.05, 3.63) is 17.5 Å². The fourth-order valence-corrected chi connectivity index (χ4v) is 0.933. The van der Waals surface area contributed by atoms with Gasteiger partial charge in [0.05, 0.1) is 11.6 Å². The van der Waals surface area contributed by atoms with Gasteiger partial charge in [0.25, 0.3) is 0 Å². The number of carbonyl (C=O) groups is 1. The van der Waals surface area contributed by atoms with Crippen LogP contribution in [0.25, 0.3) is 0 Å². The van der Waals surface area contributed by atoms with Gasteiger partial charge >= 0.3 is 0 Å². The molecule has 1 aromatic rings. The van der Waals surface area contributed by atoms with Gasteiger partial charge in [-0.3, -0.25) is 4.79 Å². The standard InChI is InChI=1S/C7H11N3O2/c1-4-2-6(10-12-4)5(3-8)7(9)11/h2,5H,3,8H2,1H3,(H2,9,11). The summed E-state index contributed by atoms with van der Waals surface area (Å²) < 4.78 is 4.78. The summed E-state index contributed by atoms with van der Waals surface area (Å²) in [7, 11) is 0. The van der Waals surface area contributed by atoms with Gasteiger partial charge in [0.1, 0.15) is 5.76 Å². The number of hydrogen-bond donors (Lipinski definition) is 2. The Labute approximate surface area is 69.7 Å². The van der Waals surface area contributed by atoms with Gasteiger partial charge in [-0.15, -0.1) is 0 Å². The normalized spacial score (nSPS) is 12.8. The van der Waals surface area contributed by atoms with Crippen molar-refractivity contribution in [2.24, 2.45) is 11.5 Å². The first-order chi connectivity index (χ1) is 5.65. The van der Waals surface area contributed by atoms with Crippen molar-refractivity contribution >= 4 is 5.91 Å². The molecule has 0 spiro atoms. The minimum Gasteiger partial charge on any atom is -0.369 e. The molecule has 1 amide bonds. The molecule has 1 aromatic heterocycles. The molecule has 5 heteroatoms. The number of aryl methyl sites for hydroxylation is 1. The summed E-state index contributed by atoms with van der Waals surface area (Å²) in [6.45, 7) is 1.90. The number of nitrogens with two attached hydrogens (primary N) is 2. The smallest absolute Gasteiger partial charge is 0.227 e. The summed E-state index contributed by atoms with van der Waals surface area (Å²) in [5.74, 6) is -0.377. The lowest BCUT2D eigenvalue weighted by Crippen LogP contribution is -2.28. The van der Waals surface area contributed by atoms with Crippen molar-refractivity contribution in [2.45, 2.75) is 12.8 Å². The predicted molar refractivity (Wildman–Crippen MR) is 42.2 cm³/mol.